The summed E-state index contributed by atoms with van der Waals surface area (Å²) in [6.45, 7) is -0.0641. The third-order valence-electron chi connectivity index (χ3n) is 23.5. The molecule has 3 saturated heterocycles. The standard InChI is InChI=1S/C87H120N24O20S2/c1-7-8-21-66-79(124)99-57(20-13-29-93-87(90)91)75(120)106-65(74(119)96-41-71(89)116)44-133-45-72(117)98-60(33-48-24-26-52(114)27-25-48)82(127)107(3)47(2)73(118)102-62(37-70(88)115)84(129)110-30-14-22-67(110)81(126)101-59(36-51-40-92-46-97-51)77(122)105-64(43-113)85(130)111-31-15-23-68(111)80(125)100-58(34-49-38-94-55-18-11-9-16-53(49)55)76(121)104-63(42-112)78(123)103-61(35-50-39-95-56-19-12-10-17-54(50)56)83(128)109(5)69(28-32-132-6)86(131)108(66)4/h9-12,16-19,24-27,38-40,46-47,57-69,94-95,112-114H,7-8,13-15,20-23,28-37,41-45H2,1-6H3,(H2,88,115)(H2,89,116)(H,92,97)(H,96,119)(H,98,117)(H,99,124)(H,100,125)(H,101,126)(H,102,118)(H,103,123)(H,104,121)(H,105,122)(H,106,120)(H4,90,91,93)/t47-,57-,58-,59-,60-,61-,62-,63-,64-,65?,66-,67-,68?,69-/m0/s1. The van der Waals surface area contributed by atoms with E-state index < -0.39 is 229 Å². The number of hydrogen-bond acceptors (Lipinski definition) is 24. The molecule has 3 aromatic heterocycles. The molecule has 24 N–H and O–H groups in total. The number of likely N-dealkylation sites (N-methyl/N-ethyl adjacent to an activating group) is 3. The number of rotatable bonds is 25. The molecule has 0 radical (unpaired) electrons. The van der Waals surface area contributed by atoms with Crippen LogP contribution in [-0.2, 0) is 107 Å². The molecule has 3 aliphatic rings. The Hall–Kier alpha value is -13.4. The summed E-state index contributed by atoms with van der Waals surface area (Å²) in [6, 6.07) is -2.47. The third kappa shape index (κ3) is 28.6. The largest absolute Gasteiger partial charge is 0.508 e. The minimum Gasteiger partial charge on any atom is -0.508 e. The van der Waals surface area contributed by atoms with Gasteiger partial charge in [0.15, 0.2) is 5.96 Å². The van der Waals surface area contributed by atoms with Gasteiger partial charge in [-0.25, -0.2) is 4.98 Å². The molecule has 720 valence electrons. The number of primary amides is 2. The molecule has 2 unspecified atom stereocenters. The summed E-state index contributed by atoms with van der Waals surface area (Å²) in [4.78, 5) is 267. The molecule has 0 spiro atoms. The second-order valence-electron chi connectivity index (χ2n) is 33.0. The van der Waals surface area contributed by atoms with Gasteiger partial charge in [-0.3, -0.25) is 86.9 Å². The molecule has 44 nitrogen and oxygen atoms in total. The number of H-pyrrole nitrogens is 3. The zero-order valence-electron chi connectivity index (χ0n) is 74.8. The van der Waals surface area contributed by atoms with Crippen molar-refractivity contribution in [3.8, 4) is 5.75 Å². The van der Waals surface area contributed by atoms with E-state index in [1.54, 1.807) is 67.2 Å². The first-order chi connectivity index (χ1) is 63.5. The Labute approximate surface area is 774 Å². The Morgan fingerprint density at radius 2 is 1.05 bits per heavy atom. The van der Waals surface area contributed by atoms with Crippen molar-refractivity contribution in [2.45, 2.75) is 195 Å². The number of carbonyl (C=O) groups is 17. The van der Waals surface area contributed by atoms with Gasteiger partial charge >= 0.3 is 0 Å². The van der Waals surface area contributed by atoms with Crippen molar-refractivity contribution in [3.63, 3.8) is 0 Å². The number of aromatic hydroxyl groups is 1. The maximum atomic E-state index is 15.7. The fourth-order valence-electron chi connectivity index (χ4n) is 16.1. The molecular formula is C87H120N24O20S2. The number of phenolic OH excluding ortho intramolecular Hbond substituents is 1. The molecule has 6 heterocycles. The summed E-state index contributed by atoms with van der Waals surface area (Å²) < 4.78 is 0. The Kier molecular flexibility index (Phi) is 38.7. The maximum absolute atomic E-state index is 15.7. The first kappa shape index (κ1) is 103. The molecule has 17 amide bonds. The van der Waals surface area contributed by atoms with Gasteiger partial charge < -0.3 is 130 Å². The van der Waals surface area contributed by atoms with Crippen molar-refractivity contribution in [1.82, 2.24) is 103 Å². The van der Waals surface area contributed by atoms with Crippen LogP contribution in [0, 0.1) is 5.41 Å². The molecule has 0 bridgehead atoms. The van der Waals surface area contributed by atoms with E-state index in [1.165, 1.54) is 76.6 Å². The summed E-state index contributed by atoms with van der Waals surface area (Å²) >= 11 is 2.08. The molecular weight excluding hydrogens is 1770 g/mol. The highest BCUT2D eigenvalue weighted by molar-refractivity contribution is 8.00. The van der Waals surface area contributed by atoms with Gasteiger partial charge in [-0.2, -0.15) is 11.8 Å². The lowest BCUT2D eigenvalue weighted by Crippen LogP contribution is -2.62. The summed E-state index contributed by atoms with van der Waals surface area (Å²) in [7, 11) is 3.88. The number of aliphatic hydroxyl groups excluding tert-OH is 2. The second-order valence-corrected chi connectivity index (χ2v) is 35.0. The van der Waals surface area contributed by atoms with Crippen molar-refractivity contribution < 1.29 is 96.8 Å². The van der Waals surface area contributed by atoms with Gasteiger partial charge in [0.05, 0.1) is 38.3 Å². The lowest BCUT2D eigenvalue weighted by Gasteiger charge is -2.36. The van der Waals surface area contributed by atoms with E-state index in [-0.39, 0.29) is 114 Å². The van der Waals surface area contributed by atoms with E-state index in [0.717, 1.165) is 36.3 Å². The number of thioether (sulfide) groups is 2. The van der Waals surface area contributed by atoms with Gasteiger partial charge in [0, 0.05) is 118 Å². The van der Waals surface area contributed by atoms with E-state index in [4.69, 9.17) is 22.6 Å². The molecule has 0 saturated carbocycles. The average molecular weight is 1890 g/mol. The number of amides is 17. The van der Waals surface area contributed by atoms with Gasteiger partial charge in [-0.05, 0) is 111 Å². The van der Waals surface area contributed by atoms with Crippen LogP contribution in [0.4, 0.5) is 0 Å². The molecule has 14 atom stereocenters. The van der Waals surface area contributed by atoms with Crippen LogP contribution >= 0.6 is 23.5 Å². The van der Waals surface area contributed by atoms with Gasteiger partial charge in [0.25, 0.3) is 0 Å². The number of imidazole rings is 1. The van der Waals surface area contributed by atoms with Crippen LogP contribution in [-0.4, -0.2) is 335 Å². The number of aromatic nitrogens is 4. The topological polar surface area (TPSA) is 662 Å². The zero-order chi connectivity index (χ0) is 96.9. The number of fused-ring (bicyclic) bond motifs is 4. The number of phenols is 1. The van der Waals surface area contributed by atoms with Gasteiger partial charge in [-0.15, -0.1) is 11.8 Å². The summed E-state index contributed by atoms with van der Waals surface area (Å²) in [5.41, 5.74) is 19.7. The highest BCUT2D eigenvalue weighted by Gasteiger charge is 2.46. The number of aromatic amines is 3. The van der Waals surface area contributed by atoms with Gasteiger partial charge in [0.1, 0.15) is 90.3 Å². The van der Waals surface area contributed by atoms with Gasteiger partial charge in [-0.1, -0.05) is 68.3 Å². The Bertz CT molecular complexity index is 5150. The van der Waals surface area contributed by atoms with Crippen LogP contribution in [0.3, 0.4) is 0 Å². The molecule has 9 rings (SSSR count). The molecule has 3 fully saturated rings. The zero-order valence-corrected chi connectivity index (χ0v) is 76.4. The maximum Gasteiger partial charge on any atom is 0.248 e. The van der Waals surface area contributed by atoms with Crippen LogP contribution in [0.25, 0.3) is 21.8 Å². The summed E-state index contributed by atoms with van der Waals surface area (Å²) in [5, 5.41) is 70.1. The Morgan fingerprint density at radius 1 is 0.534 bits per heavy atom. The highest BCUT2D eigenvalue weighted by Crippen LogP contribution is 2.27. The van der Waals surface area contributed by atoms with Gasteiger partial charge in [0.2, 0.25) is 100 Å². The number of carbonyl (C=O) groups excluding carboxylic acids is 17. The van der Waals surface area contributed by atoms with E-state index in [0.29, 0.717) is 51.3 Å². The normalized spacial score (nSPS) is 24.3. The minimum absolute atomic E-state index is 0.0159. The number of hydrogen-bond donors (Lipinski definition) is 21. The Morgan fingerprint density at radius 3 is 1.62 bits per heavy atom. The van der Waals surface area contributed by atoms with Crippen LogP contribution in [0.2, 0.25) is 0 Å². The highest BCUT2D eigenvalue weighted by atomic mass is 32.2. The smallest absolute Gasteiger partial charge is 0.248 e. The van der Waals surface area contributed by atoms with Crippen molar-refractivity contribution >= 4 is 152 Å². The van der Waals surface area contributed by atoms with E-state index >= 15 is 28.8 Å². The number of benzene rings is 3. The number of guanidine groups is 1. The molecule has 0 aliphatic carbocycles. The van der Waals surface area contributed by atoms with Crippen LogP contribution < -0.4 is 75.7 Å². The predicted octanol–water partition coefficient (Wildman–Crippen LogP) is -4.39. The first-order valence-electron chi connectivity index (χ1n) is 43.7. The monoisotopic (exact) mass is 1880 g/mol. The summed E-state index contributed by atoms with van der Waals surface area (Å²) in [6.07, 6.45) is 6.47. The van der Waals surface area contributed by atoms with Crippen molar-refractivity contribution in [2.24, 2.45) is 17.2 Å². The van der Waals surface area contributed by atoms with Crippen molar-refractivity contribution in [2.75, 3.05) is 84.1 Å². The number of aliphatic hydroxyl groups is 2. The molecule has 133 heavy (non-hydrogen) atoms. The first-order valence-corrected chi connectivity index (χ1v) is 46.3. The number of nitrogens with two attached hydrogens (primary N) is 3. The van der Waals surface area contributed by atoms with E-state index in [9.17, 15) is 68.1 Å². The Balaban J connectivity index is 1.09. The second kappa shape index (κ2) is 49.8. The molecule has 6 aromatic rings. The average Bonchev–Trinajstić information content (AvgIpc) is 1.80. The minimum atomic E-state index is -1.88. The molecule has 3 aliphatic heterocycles. The number of nitrogens with one attached hydrogen (secondary N) is 15. The van der Waals surface area contributed by atoms with Crippen molar-refractivity contribution in [1.29, 1.82) is 5.41 Å². The quantitative estimate of drug-likeness (QED) is 0.0146. The van der Waals surface area contributed by atoms with Crippen LogP contribution in [0.1, 0.15) is 107 Å². The van der Waals surface area contributed by atoms with E-state index in [2.05, 4.69) is 78.4 Å². The lowest BCUT2D eigenvalue weighted by molar-refractivity contribution is -0.149. The van der Waals surface area contributed by atoms with Crippen molar-refractivity contribution in [3.05, 3.63) is 120 Å². The molecule has 46 heteroatoms. The number of unbranched alkanes of at least 4 members (excludes halogenated alkanes) is 1. The number of para-hydroxylation sites is 2. The molecule has 3 aromatic carbocycles. The van der Waals surface area contributed by atoms with Crippen LogP contribution in [0.5, 0.6) is 5.75 Å². The lowest BCUT2D eigenvalue weighted by atomic mass is 10.0. The predicted molar refractivity (Wildman–Crippen MR) is 489 cm³/mol. The third-order valence-corrected chi connectivity index (χ3v) is 25.2. The summed E-state index contributed by atoms with van der Waals surface area (Å²) in [5.74, 6) is -17.7. The van der Waals surface area contributed by atoms with E-state index in [1.807, 2.05) is 6.92 Å². The SMILES string of the molecule is CCCC[C@H]1C(=O)N[C@@H](CCCNC(=N)N)C(=O)NC(C(=O)NCC(N)=O)CSCC(=O)N[C@@H](Cc2ccc(O)cc2)C(=O)N(C)[C@@H](C)C(=O)N[C@@H](CC(N)=O)C(=O)N2CCC[C@H]2C(=O)N[C@@H](Cc2cnc[nH]2)C(=O)N[C@@H](CO)C(=O)N2CCCC2C(=O)N[C@@H](Cc2c[nH]c3ccccc23)C(=O)N[C@@H](CO)C(=O)N[C@@H](Cc2c[nH]c3ccccc23)C(=O)N(C)[C@@H](CCSC)C(=O)N1C. The van der Waals surface area contributed by atoms with Crippen LogP contribution in [0.15, 0.2) is 97.7 Å². The number of nitrogens with zero attached hydrogens (tertiary/aromatic N) is 6. The fraction of sp³-hybridized carbons (Fsp3) is 0.506. The fourth-order valence-corrected chi connectivity index (χ4v) is 17.4.